The van der Waals surface area contributed by atoms with Crippen LogP contribution < -0.4 is 5.32 Å². The van der Waals surface area contributed by atoms with Crippen LogP contribution in [0.3, 0.4) is 0 Å². The minimum Gasteiger partial charge on any atom is -0.326 e. The standard InChI is InChI=1S/C17H17NO/c1-11(2)17(19)18-14-8-7-13-9-12-5-3-4-6-15(12)16(13)10-14/h3-8,10-11H,9H2,1-2H3,(H,18,19). The molecule has 1 aliphatic rings. The van der Waals surface area contributed by atoms with Gasteiger partial charge in [-0.3, -0.25) is 4.79 Å². The Morgan fingerprint density at radius 3 is 2.58 bits per heavy atom. The van der Waals surface area contributed by atoms with Crippen molar-refractivity contribution in [2.24, 2.45) is 5.92 Å². The number of nitrogens with one attached hydrogen (secondary N) is 1. The normalized spacial score (nSPS) is 12.2. The van der Waals surface area contributed by atoms with Gasteiger partial charge < -0.3 is 5.32 Å². The molecule has 1 N–H and O–H groups in total. The van der Waals surface area contributed by atoms with Gasteiger partial charge in [-0.2, -0.15) is 0 Å². The van der Waals surface area contributed by atoms with Crippen molar-refractivity contribution in [1.82, 2.24) is 0 Å². The van der Waals surface area contributed by atoms with Crippen LogP contribution in [-0.2, 0) is 11.2 Å². The lowest BCUT2D eigenvalue weighted by Crippen LogP contribution is -2.17. The summed E-state index contributed by atoms with van der Waals surface area (Å²) in [4.78, 5) is 11.7. The molecule has 19 heavy (non-hydrogen) atoms. The van der Waals surface area contributed by atoms with Crippen LogP contribution in [-0.4, -0.2) is 5.91 Å². The van der Waals surface area contributed by atoms with Crippen molar-refractivity contribution in [3.8, 4) is 11.1 Å². The molecule has 0 radical (unpaired) electrons. The molecule has 0 saturated heterocycles. The molecule has 0 saturated carbocycles. The van der Waals surface area contributed by atoms with Gasteiger partial charge in [0.2, 0.25) is 5.91 Å². The minimum atomic E-state index is 0.000501. The molecule has 1 amide bonds. The maximum Gasteiger partial charge on any atom is 0.226 e. The van der Waals surface area contributed by atoms with Crippen molar-refractivity contribution in [3.05, 3.63) is 53.6 Å². The molecule has 0 aliphatic heterocycles. The number of carbonyl (C=O) groups excluding carboxylic acids is 1. The number of carbonyl (C=O) groups is 1. The van der Waals surface area contributed by atoms with Crippen LogP contribution in [0.25, 0.3) is 11.1 Å². The molecule has 3 rings (SSSR count). The third-order valence-electron chi connectivity index (χ3n) is 3.59. The Hall–Kier alpha value is -2.09. The van der Waals surface area contributed by atoms with Gasteiger partial charge in [-0.15, -0.1) is 0 Å². The summed E-state index contributed by atoms with van der Waals surface area (Å²) in [6, 6.07) is 14.6. The van der Waals surface area contributed by atoms with Crippen LogP contribution in [0.4, 0.5) is 5.69 Å². The molecule has 2 aromatic rings. The van der Waals surface area contributed by atoms with Gasteiger partial charge in [-0.25, -0.2) is 0 Å². The van der Waals surface area contributed by atoms with Gasteiger partial charge >= 0.3 is 0 Å². The van der Waals surface area contributed by atoms with Crippen LogP contribution in [0.5, 0.6) is 0 Å². The summed E-state index contributed by atoms with van der Waals surface area (Å²) in [7, 11) is 0. The highest BCUT2D eigenvalue weighted by Crippen LogP contribution is 2.37. The summed E-state index contributed by atoms with van der Waals surface area (Å²) < 4.78 is 0. The number of rotatable bonds is 2. The van der Waals surface area contributed by atoms with Crippen molar-refractivity contribution < 1.29 is 4.79 Å². The Morgan fingerprint density at radius 2 is 1.79 bits per heavy atom. The minimum absolute atomic E-state index is 0.000501. The second-order valence-electron chi connectivity index (χ2n) is 5.35. The smallest absolute Gasteiger partial charge is 0.226 e. The van der Waals surface area contributed by atoms with Gasteiger partial charge in [0.25, 0.3) is 0 Å². The molecular formula is C17H17NO. The van der Waals surface area contributed by atoms with Crippen LogP contribution in [0.1, 0.15) is 25.0 Å². The molecule has 0 bridgehead atoms. The molecule has 0 fully saturated rings. The van der Waals surface area contributed by atoms with Crippen molar-refractivity contribution >= 4 is 11.6 Å². The first kappa shape index (κ1) is 12.0. The summed E-state index contributed by atoms with van der Waals surface area (Å²) in [5, 5.41) is 2.96. The lowest BCUT2D eigenvalue weighted by Gasteiger charge is -2.09. The summed E-state index contributed by atoms with van der Waals surface area (Å²) in [6.45, 7) is 3.80. The van der Waals surface area contributed by atoms with Gasteiger partial charge in [0.15, 0.2) is 0 Å². The molecule has 2 heteroatoms. The van der Waals surface area contributed by atoms with Gasteiger partial charge in [0, 0.05) is 11.6 Å². The fourth-order valence-corrected chi connectivity index (χ4v) is 2.49. The molecule has 0 aromatic heterocycles. The quantitative estimate of drug-likeness (QED) is 0.736. The molecule has 0 unspecified atom stereocenters. The summed E-state index contributed by atoms with van der Waals surface area (Å²) in [6.07, 6.45) is 0.990. The number of anilines is 1. The SMILES string of the molecule is CC(C)C(=O)Nc1ccc2c(c1)-c1ccccc1C2. The second-order valence-corrected chi connectivity index (χ2v) is 5.35. The first-order chi connectivity index (χ1) is 9.15. The highest BCUT2D eigenvalue weighted by molar-refractivity contribution is 5.93. The van der Waals surface area contributed by atoms with E-state index in [1.807, 2.05) is 19.9 Å². The number of hydrogen-bond acceptors (Lipinski definition) is 1. The molecule has 96 valence electrons. The lowest BCUT2D eigenvalue weighted by atomic mass is 10.1. The molecular weight excluding hydrogens is 234 g/mol. The first-order valence-corrected chi connectivity index (χ1v) is 6.67. The van der Waals surface area contributed by atoms with Crippen molar-refractivity contribution in [3.63, 3.8) is 0 Å². The highest BCUT2D eigenvalue weighted by atomic mass is 16.1. The average molecular weight is 251 g/mol. The Kier molecular flexibility index (Phi) is 2.86. The number of fused-ring (bicyclic) bond motifs is 3. The van der Waals surface area contributed by atoms with E-state index in [9.17, 15) is 4.79 Å². The Bertz CT molecular complexity index is 643. The zero-order valence-corrected chi connectivity index (χ0v) is 11.2. The largest absolute Gasteiger partial charge is 0.326 e. The lowest BCUT2D eigenvalue weighted by molar-refractivity contribution is -0.118. The van der Waals surface area contributed by atoms with E-state index in [1.54, 1.807) is 0 Å². The maximum absolute atomic E-state index is 11.7. The van der Waals surface area contributed by atoms with E-state index in [2.05, 4.69) is 41.7 Å². The molecule has 2 aromatic carbocycles. The fourth-order valence-electron chi connectivity index (χ4n) is 2.49. The van der Waals surface area contributed by atoms with Gasteiger partial charge in [0.05, 0.1) is 0 Å². The van der Waals surface area contributed by atoms with E-state index in [0.717, 1.165) is 12.1 Å². The topological polar surface area (TPSA) is 29.1 Å². The van der Waals surface area contributed by atoms with E-state index in [0.29, 0.717) is 0 Å². The van der Waals surface area contributed by atoms with E-state index in [-0.39, 0.29) is 11.8 Å². The molecule has 0 heterocycles. The van der Waals surface area contributed by atoms with Crippen molar-refractivity contribution in [1.29, 1.82) is 0 Å². The van der Waals surface area contributed by atoms with E-state index in [4.69, 9.17) is 0 Å². The fraction of sp³-hybridized carbons (Fsp3) is 0.235. The molecule has 2 nitrogen and oxygen atoms in total. The zero-order chi connectivity index (χ0) is 13.4. The molecule has 0 spiro atoms. The highest BCUT2D eigenvalue weighted by Gasteiger charge is 2.18. The monoisotopic (exact) mass is 251 g/mol. The third-order valence-corrected chi connectivity index (χ3v) is 3.59. The van der Waals surface area contributed by atoms with Gasteiger partial charge in [-0.05, 0) is 40.8 Å². The number of hydrogen-bond donors (Lipinski definition) is 1. The average Bonchev–Trinajstić information content (AvgIpc) is 2.76. The Balaban J connectivity index is 1.96. The third kappa shape index (κ3) is 2.14. The second kappa shape index (κ2) is 4.54. The van der Waals surface area contributed by atoms with Gasteiger partial charge in [-0.1, -0.05) is 44.2 Å². The van der Waals surface area contributed by atoms with Crippen molar-refractivity contribution in [2.45, 2.75) is 20.3 Å². The number of amides is 1. The summed E-state index contributed by atoms with van der Waals surface area (Å²) in [5.74, 6) is 0.0618. The zero-order valence-electron chi connectivity index (χ0n) is 11.2. The van der Waals surface area contributed by atoms with Crippen LogP contribution in [0.15, 0.2) is 42.5 Å². The molecule has 1 aliphatic carbocycles. The first-order valence-electron chi connectivity index (χ1n) is 6.67. The Labute approximate surface area is 113 Å². The van der Waals surface area contributed by atoms with Crippen LogP contribution >= 0.6 is 0 Å². The summed E-state index contributed by atoms with van der Waals surface area (Å²) >= 11 is 0. The van der Waals surface area contributed by atoms with E-state index < -0.39 is 0 Å². The predicted molar refractivity (Wildman–Crippen MR) is 78.2 cm³/mol. The predicted octanol–water partition coefficient (Wildman–Crippen LogP) is 3.85. The van der Waals surface area contributed by atoms with Crippen LogP contribution in [0.2, 0.25) is 0 Å². The Morgan fingerprint density at radius 1 is 1.05 bits per heavy atom. The summed E-state index contributed by atoms with van der Waals surface area (Å²) in [5.41, 5.74) is 6.12. The van der Waals surface area contributed by atoms with Crippen LogP contribution in [0, 0.1) is 5.92 Å². The van der Waals surface area contributed by atoms with Gasteiger partial charge in [0.1, 0.15) is 0 Å². The molecule has 0 atom stereocenters. The van der Waals surface area contributed by atoms with E-state index in [1.165, 1.54) is 22.3 Å². The van der Waals surface area contributed by atoms with E-state index >= 15 is 0 Å². The number of benzene rings is 2. The van der Waals surface area contributed by atoms with Crippen molar-refractivity contribution in [2.75, 3.05) is 5.32 Å². The maximum atomic E-state index is 11.7.